The van der Waals surface area contributed by atoms with Gasteiger partial charge in [-0.3, -0.25) is 4.79 Å². The molecular weight excluding hydrogens is 238 g/mol. The number of nitrogens with zero attached hydrogens (tertiary/aromatic N) is 1. The molecule has 3 heteroatoms. The Morgan fingerprint density at radius 3 is 2.26 bits per heavy atom. The lowest BCUT2D eigenvalue weighted by atomic mass is 9.84. The molecular formula is C16H31NO2. The first-order chi connectivity index (χ1) is 9.14. The number of hydrogen-bond donors (Lipinski definition) is 1. The second-order valence-corrected chi connectivity index (χ2v) is 6.09. The first kappa shape index (κ1) is 16.5. The van der Waals surface area contributed by atoms with Crippen molar-refractivity contribution in [1.82, 2.24) is 4.90 Å². The molecule has 0 aromatic carbocycles. The molecule has 0 radical (unpaired) electrons. The first-order valence-electron chi connectivity index (χ1n) is 8.10. The molecule has 1 unspecified atom stereocenters. The number of carboxylic acids is 1. The van der Waals surface area contributed by atoms with Crippen molar-refractivity contribution in [2.24, 2.45) is 5.41 Å². The predicted octanol–water partition coefficient (Wildman–Crippen LogP) is 3.92. The van der Waals surface area contributed by atoms with Gasteiger partial charge in [0, 0.05) is 6.54 Å². The Bertz CT molecular complexity index is 267. The molecule has 0 aromatic heterocycles. The van der Waals surface area contributed by atoms with E-state index in [0.29, 0.717) is 0 Å². The van der Waals surface area contributed by atoms with E-state index in [-0.39, 0.29) is 0 Å². The molecule has 3 nitrogen and oxygen atoms in total. The second-order valence-electron chi connectivity index (χ2n) is 6.09. The van der Waals surface area contributed by atoms with Crippen molar-refractivity contribution in [1.29, 1.82) is 0 Å². The van der Waals surface area contributed by atoms with Crippen molar-refractivity contribution in [3.05, 3.63) is 0 Å². The van der Waals surface area contributed by atoms with Gasteiger partial charge in [0.05, 0.1) is 5.41 Å². The van der Waals surface area contributed by atoms with Crippen LogP contribution in [0.3, 0.4) is 0 Å². The number of hydrogen-bond acceptors (Lipinski definition) is 2. The van der Waals surface area contributed by atoms with E-state index >= 15 is 0 Å². The second kappa shape index (κ2) is 8.57. The van der Waals surface area contributed by atoms with Crippen LogP contribution in [0.25, 0.3) is 0 Å². The van der Waals surface area contributed by atoms with Gasteiger partial charge in [-0.2, -0.15) is 0 Å². The maximum Gasteiger partial charge on any atom is 0.310 e. The van der Waals surface area contributed by atoms with Gasteiger partial charge >= 0.3 is 5.97 Å². The van der Waals surface area contributed by atoms with Crippen molar-refractivity contribution >= 4 is 5.97 Å². The normalized spacial score (nSPS) is 23.9. The summed E-state index contributed by atoms with van der Waals surface area (Å²) in [4.78, 5) is 13.7. The van der Waals surface area contributed by atoms with Crippen molar-refractivity contribution < 1.29 is 9.90 Å². The lowest BCUT2D eigenvalue weighted by molar-refractivity contribution is -0.148. The van der Waals surface area contributed by atoms with Crippen molar-refractivity contribution in [3.63, 3.8) is 0 Å². The fourth-order valence-corrected chi connectivity index (χ4v) is 3.06. The Balaban J connectivity index is 2.10. The molecule has 1 fully saturated rings. The number of rotatable bonds is 10. The Hall–Kier alpha value is -0.570. The monoisotopic (exact) mass is 269 g/mol. The van der Waals surface area contributed by atoms with Crippen LogP contribution in [0.5, 0.6) is 0 Å². The number of likely N-dealkylation sites (tertiary alicyclic amines) is 1. The fraction of sp³-hybridized carbons (Fsp3) is 0.938. The summed E-state index contributed by atoms with van der Waals surface area (Å²) in [6, 6.07) is 0. The van der Waals surface area contributed by atoms with E-state index in [1.807, 2.05) is 6.92 Å². The van der Waals surface area contributed by atoms with Crippen molar-refractivity contribution in [2.75, 3.05) is 19.6 Å². The molecule has 112 valence electrons. The summed E-state index contributed by atoms with van der Waals surface area (Å²) in [5.74, 6) is -0.600. The van der Waals surface area contributed by atoms with Crippen LogP contribution in [0.1, 0.15) is 71.6 Å². The molecule has 0 aromatic rings. The van der Waals surface area contributed by atoms with Crippen molar-refractivity contribution in [2.45, 2.75) is 71.6 Å². The minimum atomic E-state index is -0.600. The van der Waals surface area contributed by atoms with Crippen LogP contribution in [0, 0.1) is 5.41 Å². The van der Waals surface area contributed by atoms with Crippen LogP contribution >= 0.6 is 0 Å². The summed E-state index contributed by atoms with van der Waals surface area (Å²) < 4.78 is 0. The molecule has 1 N–H and O–H groups in total. The van der Waals surface area contributed by atoms with Crippen LogP contribution < -0.4 is 0 Å². The molecule has 0 aliphatic carbocycles. The molecule has 0 saturated carbocycles. The number of aliphatic carboxylic acids is 1. The van der Waals surface area contributed by atoms with E-state index in [4.69, 9.17) is 0 Å². The average Bonchev–Trinajstić information content (AvgIpc) is 2.83. The topological polar surface area (TPSA) is 40.5 Å². The third kappa shape index (κ3) is 5.13. The zero-order chi connectivity index (χ0) is 14.1. The summed E-state index contributed by atoms with van der Waals surface area (Å²) in [6.07, 6.45) is 10.9. The van der Waals surface area contributed by atoms with Gasteiger partial charge in [0.25, 0.3) is 0 Å². The van der Waals surface area contributed by atoms with Gasteiger partial charge in [0.2, 0.25) is 0 Å². The number of carbonyl (C=O) groups is 1. The molecule has 0 bridgehead atoms. The minimum absolute atomic E-state index is 0.457. The lowest BCUT2D eigenvalue weighted by Gasteiger charge is -2.23. The molecule has 0 spiro atoms. The highest BCUT2D eigenvalue weighted by Gasteiger charge is 2.42. The van der Waals surface area contributed by atoms with Crippen LogP contribution in [-0.2, 0) is 4.79 Å². The van der Waals surface area contributed by atoms with E-state index < -0.39 is 11.4 Å². The molecule has 1 atom stereocenters. The fourth-order valence-electron chi connectivity index (χ4n) is 3.06. The molecule has 1 rings (SSSR count). The third-order valence-corrected chi connectivity index (χ3v) is 4.64. The smallest absolute Gasteiger partial charge is 0.310 e. The molecule has 1 aliphatic rings. The van der Waals surface area contributed by atoms with Crippen LogP contribution in [0.15, 0.2) is 0 Å². The third-order valence-electron chi connectivity index (χ3n) is 4.64. The van der Waals surface area contributed by atoms with Gasteiger partial charge in [0.1, 0.15) is 0 Å². The zero-order valence-electron chi connectivity index (χ0n) is 12.8. The Labute approximate surface area is 118 Å². The van der Waals surface area contributed by atoms with Gasteiger partial charge in [-0.15, -0.1) is 0 Å². The van der Waals surface area contributed by atoms with Gasteiger partial charge in [-0.25, -0.2) is 0 Å². The quantitative estimate of drug-likeness (QED) is 0.611. The Morgan fingerprint density at radius 1 is 1.11 bits per heavy atom. The van der Waals surface area contributed by atoms with E-state index in [2.05, 4.69) is 11.8 Å². The van der Waals surface area contributed by atoms with Crippen LogP contribution in [0.2, 0.25) is 0 Å². The van der Waals surface area contributed by atoms with E-state index in [1.165, 1.54) is 44.9 Å². The molecule has 0 amide bonds. The Morgan fingerprint density at radius 2 is 1.74 bits per heavy atom. The Kier molecular flexibility index (Phi) is 7.44. The van der Waals surface area contributed by atoms with Crippen LogP contribution in [-0.4, -0.2) is 35.6 Å². The maximum absolute atomic E-state index is 11.4. The van der Waals surface area contributed by atoms with Gasteiger partial charge < -0.3 is 10.0 Å². The van der Waals surface area contributed by atoms with E-state index in [9.17, 15) is 9.90 Å². The summed E-state index contributed by atoms with van der Waals surface area (Å²) in [6.45, 7) is 7.06. The standard InChI is InChI=1S/C16H31NO2/c1-3-5-6-7-8-9-10-12-17-13-11-16(4-2,14-17)15(18)19/h3-14H2,1-2H3,(H,18,19). The molecule has 1 saturated heterocycles. The molecule has 1 aliphatic heterocycles. The lowest BCUT2D eigenvalue weighted by Crippen LogP contribution is -2.34. The highest BCUT2D eigenvalue weighted by atomic mass is 16.4. The van der Waals surface area contributed by atoms with E-state index in [0.717, 1.165) is 32.5 Å². The van der Waals surface area contributed by atoms with Gasteiger partial charge in [0.15, 0.2) is 0 Å². The largest absolute Gasteiger partial charge is 0.481 e. The average molecular weight is 269 g/mol. The maximum atomic E-state index is 11.4. The van der Waals surface area contributed by atoms with Gasteiger partial charge in [-0.1, -0.05) is 52.4 Å². The molecule has 19 heavy (non-hydrogen) atoms. The van der Waals surface area contributed by atoms with Gasteiger partial charge in [-0.05, 0) is 32.4 Å². The highest BCUT2D eigenvalue weighted by Crippen LogP contribution is 2.34. The zero-order valence-corrected chi connectivity index (χ0v) is 12.8. The predicted molar refractivity (Wildman–Crippen MR) is 79.4 cm³/mol. The number of carboxylic acid groups (broad SMARTS) is 1. The minimum Gasteiger partial charge on any atom is -0.481 e. The van der Waals surface area contributed by atoms with E-state index in [1.54, 1.807) is 0 Å². The van der Waals surface area contributed by atoms with Crippen LogP contribution in [0.4, 0.5) is 0 Å². The summed E-state index contributed by atoms with van der Waals surface area (Å²) in [5.41, 5.74) is -0.457. The number of unbranched alkanes of at least 4 members (excludes halogenated alkanes) is 6. The summed E-state index contributed by atoms with van der Waals surface area (Å²) in [5, 5.41) is 9.35. The highest BCUT2D eigenvalue weighted by molar-refractivity contribution is 5.75. The SMILES string of the molecule is CCCCCCCCCN1CCC(CC)(C(=O)O)C1. The first-order valence-corrected chi connectivity index (χ1v) is 8.10. The molecule has 1 heterocycles. The summed E-state index contributed by atoms with van der Waals surface area (Å²) >= 11 is 0. The summed E-state index contributed by atoms with van der Waals surface area (Å²) in [7, 11) is 0. The van der Waals surface area contributed by atoms with Crippen molar-refractivity contribution in [3.8, 4) is 0 Å².